The van der Waals surface area contributed by atoms with Crippen molar-refractivity contribution in [3.05, 3.63) is 57.0 Å². The number of nitrogens with one attached hydrogen (secondary N) is 2. The largest absolute Gasteiger partial charge is 0.493 e. The molecule has 2 rings (SSSR count). The van der Waals surface area contributed by atoms with Crippen LogP contribution in [0.5, 0.6) is 11.5 Å². The van der Waals surface area contributed by atoms with Gasteiger partial charge in [-0.15, -0.1) is 0 Å². The number of hydrogen-bond donors (Lipinski definition) is 3. The maximum atomic E-state index is 8.77. The average molecular weight is 444 g/mol. The molecule has 2 aromatic rings. The van der Waals surface area contributed by atoms with E-state index in [9.17, 15) is 0 Å². The van der Waals surface area contributed by atoms with E-state index in [1.54, 1.807) is 7.11 Å². The number of rotatable bonds is 11. The molecule has 0 saturated carbocycles. The predicted molar refractivity (Wildman–Crippen MR) is 108 cm³/mol. The number of aliphatic hydroxyl groups is 1. The van der Waals surface area contributed by atoms with Gasteiger partial charge in [-0.3, -0.25) is 0 Å². The molecule has 0 radical (unpaired) electrons. The second-order valence-electron chi connectivity index (χ2n) is 5.62. The lowest BCUT2D eigenvalue weighted by Gasteiger charge is -2.17. The van der Waals surface area contributed by atoms with Crippen molar-refractivity contribution >= 4 is 27.5 Å². The van der Waals surface area contributed by atoms with Gasteiger partial charge in [0.05, 0.1) is 13.7 Å². The zero-order valence-electron chi connectivity index (χ0n) is 14.7. The predicted octanol–water partition coefficient (Wildman–Crippen LogP) is 3.36. The van der Waals surface area contributed by atoms with Crippen LogP contribution in [0.1, 0.15) is 11.1 Å². The Labute approximate surface area is 167 Å². The Morgan fingerprint density at radius 2 is 1.77 bits per heavy atom. The maximum absolute atomic E-state index is 8.77. The van der Waals surface area contributed by atoms with Gasteiger partial charge in [0.2, 0.25) is 0 Å². The normalized spacial score (nSPS) is 10.8. The van der Waals surface area contributed by atoms with Gasteiger partial charge < -0.3 is 25.2 Å². The summed E-state index contributed by atoms with van der Waals surface area (Å²) in [5.74, 6) is 1.41. The Bertz CT molecular complexity index is 683. The van der Waals surface area contributed by atoms with Gasteiger partial charge in [0.15, 0.2) is 11.5 Å². The standard InChI is InChI=1S/C19H24BrClN2O3/c1-25-18-7-6-17(20)16(12-23-9-8-22-10-11-24)19(18)26-13-14-2-4-15(21)5-3-14/h2-7,22-24H,8-13H2,1H3. The van der Waals surface area contributed by atoms with Gasteiger partial charge in [0, 0.05) is 41.2 Å². The summed E-state index contributed by atoms with van der Waals surface area (Å²) in [4.78, 5) is 0. The number of methoxy groups -OCH3 is 1. The summed E-state index contributed by atoms with van der Waals surface area (Å²) in [6.45, 7) is 3.36. The van der Waals surface area contributed by atoms with Gasteiger partial charge in [0.25, 0.3) is 0 Å². The molecule has 0 amide bonds. The molecule has 0 bridgehead atoms. The van der Waals surface area contributed by atoms with Crippen LogP contribution in [0.2, 0.25) is 5.02 Å². The van der Waals surface area contributed by atoms with E-state index < -0.39 is 0 Å². The zero-order valence-corrected chi connectivity index (χ0v) is 17.1. The summed E-state index contributed by atoms with van der Waals surface area (Å²) < 4.78 is 12.5. The molecular formula is C19H24BrClN2O3. The Balaban J connectivity index is 2.04. The first-order valence-electron chi connectivity index (χ1n) is 8.40. The summed E-state index contributed by atoms with van der Waals surface area (Å²) in [7, 11) is 1.63. The fourth-order valence-electron chi connectivity index (χ4n) is 2.40. The van der Waals surface area contributed by atoms with Gasteiger partial charge in [-0.2, -0.15) is 0 Å². The van der Waals surface area contributed by atoms with E-state index >= 15 is 0 Å². The Hall–Kier alpha value is -1.31. The van der Waals surface area contributed by atoms with E-state index in [2.05, 4.69) is 26.6 Å². The lowest BCUT2D eigenvalue weighted by atomic mass is 10.1. The zero-order chi connectivity index (χ0) is 18.8. The monoisotopic (exact) mass is 442 g/mol. The lowest BCUT2D eigenvalue weighted by molar-refractivity contribution is 0.280. The van der Waals surface area contributed by atoms with Crippen molar-refractivity contribution in [1.82, 2.24) is 10.6 Å². The molecule has 0 aliphatic rings. The van der Waals surface area contributed by atoms with E-state index in [0.29, 0.717) is 36.2 Å². The molecule has 3 N–H and O–H groups in total. The summed E-state index contributed by atoms with van der Waals surface area (Å²) in [5.41, 5.74) is 2.03. The number of benzene rings is 2. The van der Waals surface area contributed by atoms with Crippen molar-refractivity contribution in [3.8, 4) is 11.5 Å². The molecular weight excluding hydrogens is 420 g/mol. The van der Waals surface area contributed by atoms with Crippen LogP contribution in [-0.2, 0) is 13.2 Å². The fourth-order valence-corrected chi connectivity index (χ4v) is 2.97. The van der Waals surface area contributed by atoms with Crippen LogP contribution in [-0.4, -0.2) is 38.5 Å². The fraction of sp³-hybridized carbons (Fsp3) is 0.368. The summed E-state index contributed by atoms with van der Waals surface area (Å²) in [5, 5.41) is 16.0. The minimum atomic E-state index is 0.143. The smallest absolute Gasteiger partial charge is 0.167 e. The van der Waals surface area contributed by atoms with Crippen LogP contribution in [0.15, 0.2) is 40.9 Å². The first-order valence-corrected chi connectivity index (χ1v) is 9.57. The molecule has 0 atom stereocenters. The SMILES string of the molecule is COc1ccc(Br)c(CNCCNCCO)c1OCc1ccc(Cl)cc1. The molecule has 0 aromatic heterocycles. The number of aliphatic hydroxyl groups excluding tert-OH is 1. The Morgan fingerprint density at radius 1 is 1.04 bits per heavy atom. The Morgan fingerprint density at radius 3 is 2.46 bits per heavy atom. The minimum Gasteiger partial charge on any atom is -0.493 e. The van der Waals surface area contributed by atoms with Crippen molar-refractivity contribution in [2.75, 3.05) is 33.4 Å². The second kappa shape index (κ2) is 11.4. The molecule has 26 heavy (non-hydrogen) atoms. The minimum absolute atomic E-state index is 0.143. The highest BCUT2D eigenvalue weighted by Gasteiger charge is 2.14. The molecule has 0 saturated heterocycles. The number of ether oxygens (including phenoxy) is 2. The molecule has 7 heteroatoms. The van der Waals surface area contributed by atoms with Gasteiger partial charge in [-0.05, 0) is 29.8 Å². The average Bonchev–Trinajstić information content (AvgIpc) is 2.65. The van der Waals surface area contributed by atoms with Gasteiger partial charge >= 0.3 is 0 Å². The summed E-state index contributed by atoms with van der Waals surface area (Å²) in [6.07, 6.45) is 0. The quantitative estimate of drug-likeness (QED) is 0.465. The van der Waals surface area contributed by atoms with Crippen LogP contribution >= 0.6 is 27.5 Å². The number of hydrogen-bond acceptors (Lipinski definition) is 5. The molecule has 0 aliphatic heterocycles. The number of halogens is 2. The maximum Gasteiger partial charge on any atom is 0.167 e. The molecule has 0 unspecified atom stereocenters. The van der Waals surface area contributed by atoms with Crippen LogP contribution in [0.4, 0.5) is 0 Å². The van der Waals surface area contributed by atoms with Crippen LogP contribution in [0, 0.1) is 0 Å². The highest BCUT2D eigenvalue weighted by molar-refractivity contribution is 9.10. The molecule has 0 spiro atoms. The molecule has 0 heterocycles. The third kappa shape index (κ3) is 6.45. The molecule has 5 nitrogen and oxygen atoms in total. The van der Waals surface area contributed by atoms with E-state index in [0.717, 1.165) is 28.7 Å². The van der Waals surface area contributed by atoms with E-state index in [1.807, 2.05) is 36.4 Å². The molecule has 0 fully saturated rings. The van der Waals surface area contributed by atoms with Crippen molar-refractivity contribution < 1.29 is 14.6 Å². The molecule has 0 aliphatic carbocycles. The van der Waals surface area contributed by atoms with Gasteiger partial charge in [0.1, 0.15) is 6.61 Å². The first-order chi connectivity index (χ1) is 12.7. The summed E-state index contributed by atoms with van der Waals surface area (Å²) in [6, 6.07) is 11.4. The van der Waals surface area contributed by atoms with Crippen LogP contribution in [0.25, 0.3) is 0 Å². The highest BCUT2D eigenvalue weighted by Crippen LogP contribution is 2.36. The Kier molecular flexibility index (Phi) is 9.22. The van der Waals surface area contributed by atoms with Crippen molar-refractivity contribution in [2.45, 2.75) is 13.2 Å². The van der Waals surface area contributed by atoms with Crippen LogP contribution in [0.3, 0.4) is 0 Å². The highest BCUT2D eigenvalue weighted by atomic mass is 79.9. The van der Waals surface area contributed by atoms with E-state index in [4.69, 9.17) is 26.2 Å². The first kappa shape index (κ1) is 21.0. The molecule has 142 valence electrons. The van der Waals surface area contributed by atoms with Crippen molar-refractivity contribution in [3.63, 3.8) is 0 Å². The second-order valence-corrected chi connectivity index (χ2v) is 6.91. The topological polar surface area (TPSA) is 62.8 Å². The van der Waals surface area contributed by atoms with Crippen molar-refractivity contribution in [2.24, 2.45) is 0 Å². The van der Waals surface area contributed by atoms with E-state index in [-0.39, 0.29) is 6.61 Å². The third-order valence-electron chi connectivity index (χ3n) is 3.75. The van der Waals surface area contributed by atoms with Crippen LogP contribution < -0.4 is 20.1 Å². The third-order valence-corrected chi connectivity index (χ3v) is 4.75. The van der Waals surface area contributed by atoms with E-state index in [1.165, 1.54) is 0 Å². The summed E-state index contributed by atoms with van der Waals surface area (Å²) >= 11 is 9.53. The van der Waals surface area contributed by atoms with Gasteiger partial charge in [-0.25, -0.2) is 0 Å². The lowest BCUT2D eigenvalue weighted by Crippen LogP contribution is -2.29. The van der Waals surface area contributed by atoms with Gasteiger partial charge in [-0.1, -0.05) is 39.7 Å². The molecule has 2 aromatic carbocycles. The van der Waals surface area contributed by atoms with Crippen molar-refractivity contribution in [1.29, 1.82) is 0 Å².